The van der Waals surface area contributed by atoms with E-state index in [1.165, 1.54) is 0 Å². The fourth-order valence-corrected chi connectivity index (χ4v) is 14.6. The van der Waals surface area contributed by atoms with Gasteiger partial charge in [0.05, 0.1) is 61.3 Å². The third-order valence-electron chi connectivity index (χ3n) is 15.6. The van der Waals surface area contributed by atoms with Crippen LogP contribution in [-0.4, -0.2) is 125 Å². The lowest BCUT2D eigenvalue weighted by Gasteiger charge is -2.35. The van der Waals surface area contributed by atoms with E-state index >= 15 is 0 Å². The second-order valence-corrected chi connectivity index (χ2v) is 24.7. The number of nitrogens with two attached hydrogens (primary N) is 1. The zero-order chi connectivity index (χ0) is 54.3. The first-order valence-corrected chi connectivity index (χ1v) is 28.7. The maximum absolute atomic E-state index is 14.6. The molecule has 4 fully saturated rings. The van der Waals surface area contributed by atoms with Gasteiger partial charge in [0.15, 0.2) is 0 Å². The molecule has 408 valence electrons. The van der Waals surface area contributed by atoms with E-state index in [0.717, 1.165) is 33.0 Å². The van der Waals surface area contributed by atoms with Crippen molar-refractivity contribution in [3.63, 3.8) is 0 Å². The summed E-state index contributed by atoms with van der Waals surface area (Å²) in [5.41, 5.74) is 8.28. The predicted molar refractivity (Wildman–Crippen MR) is 298 cm³/mol. The van der Waals surface area contributed by atoms with Crippen LogP contribution in [0.3, 0.4) is 0 Å². The Morgan fingerprint density at radius 2 is 1.24 bits per heavy atom. The van der Waals surface area contributed by atoms with E-state index in [0.29, 0.717) is 37.2 Å². The topological polar surface area (TPSA) is 214 Å². The minimum Gasteiger partial charge on any atom is -0.374 e. The van der Waals surface area contributed by atoms with Crippen molar-refractivity contribution in [2.75, 3.05) is 38.8 Å². The van der Waals surface area contributed by atoms with E-state index < -0.39 is 59.0 Å². The molecule has 76 heavy (non-hydrogen) atoms. The maximum Gasteiger partial charge on any atom is 0.246 e. The number of thioether (sulfide) groups is 2. The minimum atomic E-state index is -0.753. The van der Waals surface area contributed by atoms with E-state index in [2.05, 4.69) is 50.8 Å². The standard InChI is InChI=1S/C58H76N8O8S2/c1-35(60-6)53(69)62-43-22-23-75-49-29-58(4,5)51(66(49)56(43)72)55(71)64-46(41-16-12-9-13-17-41)33-74-31-37-19-21-39-20-18-36(24-42(39)25-37)30-73-32-45(40-14-10-8-11-15-40)63-54(70)50-57(2,3)28-48-65(50)47(67)27-38(34-76-48)26-44(61-7)52(59)68/h8-21,24-25,35,38,43-46,48-51,60-61H,22-23,26-34H2,1-7H3,(H2,59,68)(H,62,69)(H,63,70)(H,64,71)/t35-,38?,43-,44-,45+,46+,48-,49-,50+,51-/m0/s1. The van der Waals surface area contributed by atoms with Crippen LogP contribution < -0.4 is 32.3 Å². The number of hydrogen-bond donors (Lipinski definition) is 6. The van der Waals surface area contributed by atoms with E-state index in [4.69, 9.17) is 15.2 Å². The fraction of sp³-hybridized carbons (Fsp3) is 0.517. The quantitative estimate of drug-likeness (QED) is 0.0573. The van der Waals surface area contributed by atoms with Gasteiger partial charge in [-0.05, 0) is 120 Å². The molecule has 4 aromatic rings. The van der Waals surface area contributed by atoms with Crippen LogP contribution in [0.15, 0.2) is 97.1 Å². The molecule has 1 unspecified atom stereocenters. The van der Waals surface area contributed by atoms with Gasteiger partial charge in [-0.2, -0.15) is 0 Å². The number of likely N-dealkylation sites (N-methyl/N-ethyl adjacent to an activating group) is 2. The first-order chi connectivity index (χ1) is 36.4. The van der Waals surface area contributed by atoms with Gasteiger partial charge in [0.25, 0.3) is 0 Å². The Balaban J connectivity index is 0.903. The highest BCUT2D eigenvalue weighted by atomic mass is 32.2. The summed E-state index contributed by atoms with van der Waals surface area (Å²) in [6.45, 7) is 10.9. The third kappa shape index (κ3) is 13.2. The lowest BCUT2D eigenvalue weighted by molar-refractivity contribution is -0.144. The van der Waals surface area contributed by atoms with E-state index in [1.54, 1.807) is 54.3 Å². The van der Waals surface area contributed by atoms with Gasteiger partial charge in [0, 0.05) is 6.42 Å². The number of nitrogens with zero attached hydrogens (tertiary/aromatic N) is 2. The number of fused-ring (bicyclic) bond motifs is 3. The van der Waals surface area contributed by atoms with Gasteiger partial charge >= 0.3 is 0 Å². The lowest BCUT2D eigenvalue weighted by atomic mass is 9.83. The van der Waals surface area contributed by atoms with Gasteiger partial charge in [-0.1, -0.05) is 113 Å². The van der Waals surface area contributed by atoms with Crippen LogP contribution in [0.4, 0.5) is 0 Å². The Bertz CT molecular complexity index is 2710. The molecule has 8 rings (SSSR count). The summed E-state index contributed by atoms with van der Waals surface area (Å²) in [7, 11) is 3.40. The number of amides is 6. The molecule has 6 amide bonds. The summed E-state index contributed by atoms with van der Waals surface area (Å²) in [6, 6.07) is 27.7. The van der Waals surface area contributed by atoms with Crippen molar-refractivity contribution in [2.24, 2.45) is 22.5 Å². The van der Waals surface area contributed by atoms with Gasteiger partial charge in [-0.3, -0.25) is 28.8 Å². The van der Waals surface area contributed by atoms with Crippen LogP contribution in [-0.2, 0) is 51.5 Å². The number of carbonyl (C=O) groups is 6. The van der Waals surface area contributed by atoms with Crippen molar-refractivity contribution in [3.05, 3.63) is 119 Å². The second kappa shape index (κ2) is 24.9. The average molecular weight is 1080 g/mol. The van der Waals surface area contributed by atoms with Crippen molar-refractivity contribution in [1.82, 2.24) is 36.4 Å². The van der Waals surface area contributed by atoms with Crippen molar-refractivity contribution in [2.45, 2.75) is 133 Å². The number of nitrogens with one attached hydrogen (secondary N) is 5. The molecular weight excluding hydrogens is 1000 g/mol. The number of carbonyl (C=O) groups excluding carboxylic acids is 6. The number of benzene rings is 4. The summed E-state index contributed by atoms with van der Waals surface area (Å²) < 4.78 is 12.8. The molecule has 0 spiro atoms. The van der Waals surface area contributed by atoms with E-state index in [9.17, 15) is 28.8 Å². The minimum absolute atomic E-state index is 0.0523. The van der Waals surface area contributed by atoms with Crippen LogP contribution in [0, 0.1) is 16.7 Å². The van der Waals surface area contributed by atoms with Crippen LogP contribution in [0.1, 0.15) is 101 Å². The van der Waals surface area contributed by atoms with Crippen LogP contribution in [0.25, 0.3) is 10.8 Å². The molecule has 0 radical (unpaired) electrons. The molecule has 7 N–H and O–H groups in total. The Labute approximate surface area is 455 Å². The average Bonchev–Trinajstić information content (AvgIpc) is 3.73. The van der Waals surface area contributed by atoms with Gasteiger partial charge in [0.2, 0.25) is 35.4 Å². The number of primary amides is 1. The lowest BCUT2D eigenvalue weighted by Crippen LogP contribution is -2.58. The highest BCUT2D eigenvalue weighted by molar-refractivity contribution is 8.00. The molecule has 4 heterocycles. The van der Waals surface area contributed by atoms with Gasteiger partial charge < -0.3 is 51.6 Å². The highest BCUT2D eigenvalue weighted by Gasteiger charge is 2.56. The smallest absolute Gasteiger partial charge is 0.246 e. The molecular formula is C58H76N8O8S2. The largest absolute Gasteiger partial charge is 0.374 e. The molecule has 4 aliphatic heterocycles. The summed E-state index contributed by atoms with van der Waals surface area (Å²) >= 11 is 3.34. The Kier molecular flexibility index (Phi) is 18.6. The molecule has 16 nitrogen and oxygen atoms in total. The van der Waals surface area contributed by atoms with Crippen molar-refractivity contribution >= 4 is 69.7 Å². The highest BCUT2D eigenvalue weighted by Crippen LogP contribution is 2.48. The first kappa shape index (κ1) is 56.7. The summed E-state index contributed by atoms with van der Waals surface area (Å²) in [6.07, 6.45) is 2.49. The molecule has 18 heteroatoms. The summed E-state index contributed by atoms with van der Waals surface area (Å²) in [4.78, 5) is 85.7. The Morgan fingerprint density at radius 1 is 0.711 bits per heavy atom. The zero-order valence-electron chi connectivity index (χ0n) is 44.8. The Morgan fingerprint density at radius 3 is 1.75 bits per heavy atom. The molecule has 0 bridgehead atoms. The van der Waals surface area contributed by atoms with Gasteiger partial charge in [0.1, 0.15) is 18.1 Å². The number of rotatable bonds is 21. The summed E-state index contributed by atoms with van der Waals surface area (Å²) in [5.74, 6) is -0.182. The van der Waals surface area contributed by atoms with Crippen LogP contribution in [0.2, 0.25) is 0 Å². The van der Waals surface area contributed by atoms with Crippen LogP contribution >= 0.6 is 23.5 Å². The third-order valence-corrected chi connectivity index (χ3v) is 18.3. The molecule has 0 saturated carbocycles. The fourth-order valence-electron chi connectivity index (χ4n) is 11.4. The molecule has 4 aromatic carbocycles. The summed E-state index contributed by atoms with van der Waals surface area (Å²) in [5, 5.41) is 17.1. The van der Waals surface area contributed by atoms with E-state index in [1.807, 2.05) is 100 Å². The number of hydrogen-bond acceptors (Lipinski definition) is 12. The number of ether oxygens (including phenoxy) is 2. The van der Waals surface area contributed by atoms with Crippen molar-refractivity contribution < 1.29 is 38.2 Å². The van der Waals surface area contributed by atoms with Crippen molar-refractivity contribution in [3.8, 4) is 0 Å². The molecule has 0 aliphatic carbocycles. The molecule has 10 atom stereocenters. The van der Waals surface area contributed by atoms with Gasteiger partial charge in [-0.15, -0.1) is 23.5 Å². The monoisotopic (exact) mass is 1080 g/mol. The van der Waals surface area contributed by atoms with Gasteiger partial charge in [-0.25, -0.2) is 0 Å². The Hall–Kier alpha value is -5.50. The maximum atomic E-state index is 14.6. The predicted octanol–water partition coefficient (Wildman–Crippen LogP) is 5.94. The normalized spacial score (nSPS) is 24.6. The van der Waals surface area contributed by atoms with E-state index in [-0.39, 0.29) is 79.0 Å². The zero-order valence-corrected chi connectivity index (χ0v) is 46.5. The second-order valence-electron chi connectivity index (χ2n) is 22.2. The SMILES string of the molecule is CN[C@@H](C)C(=O)N[C@H]1CCS[C@H]2CC(C)(C)[C@H](C(=O)N[C@H](COCc3ccc4ccc(COC[C@@H](NC(=O)[C@H]5N6C(=O)CC(C[C@H](NC)C(N)=O)CS[C@H]6CC5(C)C)c5ccccc5)cc4c3)c3ccccc3)N2C1=O. The molecule has 4 aliphatic rings. The molecule has 4 saturated heterocycles. The molecule has 0 aromatic heterocycles. The van der Waals surface area contributed by atoms with Crippen molar-refractivity contribution in [1.29, 1.82) is 0 Å². The van der Waals surface area contributed by atoms with Crippen LogP contribution in [0.5, 0.6) is 0 Å². The first-order valence-electron chi connectivity index (χ1n) is 26.6.